The first kappa shape index (κ1) is 26.7. The maximum Gasteiger partial charge on any atom is 0.267 e. The number of amides is 1. The number of carbonyl (C=O) groups is 2. The fourth-order valence-corrected chi connectivity index (χ4v) is 10.9. The number of nitrogens with zero attached hydrogens (tertiary/aromatic N) is 1. The Labute approximate surface area is 219 Å². The molecule has 4 rings (SSSR count). The Bertz CT molecular complexity index is 1370. The topological polar surface area (TPSA) is 80.8 Å². The lowest BCUT2D eigenvalue weighted by molar-refractivity contribution is -0.131. The van der Waals surface area contributed by atoms with Crippen molar-refractivity contribution in [2.45, 2.75) is 43.7 Å². The summed E-state index contributed by atoms with van der Waals surface area (Å²) in [7, 11) is -7.36. The molecule has 6 nitrogen and oxygen atoms in total. The lowest BCUT2D eigenvalue weighted by Crippen LogP contribution is -2.68. The Hall–Kier alpha value is -3.33. The summed E-state index contributed by atoms with van der Waals surface area (Å²) in [5.41, 5.74) is 0.881. The van der Waals surface area contributed by atoms with Crippen LogP contribution in [0.5, 0.6) is 0 Å². The minimum Gasteiger partial charge on any atom is -0.405 e. The molecule has 37 heavy (non-hydrogen) atoms. The Morgan fingerprint density at radius 1 is 0.811 bits per heavy atom. The molecule has 0 bridgehead atoms. The highest BCUT2D eigenvalue weighted by atomic mass is 32.2. The van der Waals surface area contributed by atoms with E-state index in [0.29, 0.717) is 4.31 Å². The molecule has 3 aromatic carbocycles. The van der Waals surface area contributed by atoms with E-state index in [1.807, 2.05) is 67.6 Å². The molecular formula is C29H31NO5SSi. The average Bonchev–Trinajstić information content (AvgIpc) is 2.87. The third kappa shape index (κ3) is 4.96. The average molecular weight is 534 g/mol. The van der Waals surface area contributed by atoms with Crippen molar-refractivity contribution in [3.8, 4) is 0 Å². The van der Waals surface area contributed by atoms with Crippen molar-refractivity contribution in [3.05, 3.63) is 103 Å². The molecule has 0 N–H and O–H groups in total. The van der Waals surface area contributed by atoms with Gasteiger partial charge in [0.15, 0.2) is 5.78 Å². The minimum atomic E-state index is -4.30. The standard InChI is InChI=1S/C29H31NO5SSi/c1-22-15-17-23(18-16-22)36(33,34)30-26(27(31)19-20-28(30)32)21-35-37(29(2,3)4,24-11-7-5-8-12-24)25-13-9-6-10-14-25/h5-20,26H,21H2,1-4H3. The summed E-state index contributed by atoms with van der Waals surface area (Å²) in [5, 5.41) is 1.60. The Kier molecular flexibility index (Phi) is 7.37. The fourth-order valence-electron chi connectivity index (χ4n) is 4.83. The molecule has 3 aromatic rings. The molecule has 1 aliphatic heterocycles. The normalized spacial score (nSPS) is 16.8. The van der Waals surface area contributed by atoms with Crippen molar-refractivity contribution < 1.29 is 22.4 Å². The van der Waals surface area contributed by atoms with Crippen molar-refractivity contribution in [3.63, 3.8) is 0 Å². The predicted octanol–water partition coefficient (Wildman–Crippen LogP) is 3.60. The van der Waals surface area contributed by atoms with E-state index in [-0.39, 0.29) is 16.5 Å². The summed E-state index contributed by atoms with van der Waals surface area (Å²) in [4.78, 5) is 26.0. The molecule has 0 spiro atoms. The van der Waals surface area contributed by atoms with Gasteiger partial charge < -0.3 is 4.43 Å². The van der Waals surface area contributed by atoms with Gasteiger partial charge in [-0.1, -0.05) is 99.1 Å². The van der Waals surface area contributed by atoms with Crippen LogP contribution in [0.3, 0.4) is 0 Å². The van der Waals surface area contributed by atoms with Crippen LogP contribution >= 0.6 is 0 Å². The summed E-state index contributed by atoms with van der Waals surface area (Å²) in [6, 6.07) is 24.6. The van der Waals surface area contributed by atoms with Gasteiger partial charge in [0.1, 0.15) is 6.04 Å². The number of carbonyl (C=O) groups excluding carboxylic acids is 2. The summed E-state index contributed by atoms with van der Waals surface area (Å²) < 4.78 is 34.7. The van der Waals surface area contributed by atoms with E-state index in [4.69, 9.17) is 4.43 Å². The summed E-state index contributed by atoms with van der Waals surface area (Å²) in [5.74, 6) is -1.26. The first-order chi connectivity index (χ1) is 17.5. The Morgan fingerprint density at radius 2 is 1.32 bits per heavy atom. The quantitative estimate of drug-likeness (QED) is 0.434. The van der Waals surface area contributed by atoms with Crippen LogP contribution in [-0.2, 0) is 24.0 Å². The number of hydrogen-bond acceptors (Lipinski definition) is 5. The van der Waals surface area contributed by atoms with E-state index >= 15 is 0 Å². The second-order valence-corrected chi connectivity index (χ2v) is 16.3. The molecule has 1 heterocycles. The Balaban J connectivity index is 1.81. The summed E-state index contributed by atoms with van der Waals surface area (Å²) >= 11 is 0. The highest BCUT2D eigenvalue weighted by Gasteiger charge is 2.51. The van der Waals surface area contributed by atoms with E-state index in [1.54, 1.807) is 12.1 Å². The fraction of sp³-hybridized carbons (Fsp3) is 0.241. The molecule has 0 fully saturated rings. The number of hydrogen-bond donors (Lipinski definition) is 0. The molecule has 8 heteroatoms. The molecule has 0 radical (unpaired) electrons. The molecule has 1 aliphatic rings. The lowest BCUT2D eigenvalue weighted by Gasteiger charge is -2.44. The van der Waals surface area contributed by atoms with Gasteiger partial charge in [0.25, 0.3) is 24.2 Å². The highest BCUT2D eigenvalue weighted by molar-refractivity contribution is 7.89. The van der Waals surface area contributed by atoms with Gasteiger partial charge in [-0.25, -0.2) is 12.7 Å². The molecule has 1 atom stereocenters. The zero-order valence-corrected chi connectivity index (χ0v) is 23.2. The van der Waals surface area contributed by atoms with Crippen LogP contribution in [0.4, 0.5) is 0 Å². The monoisotopic (exact) mass is 533 g/mol. The van der Waals surface area contributed by atoms with E-state index in [0.717, 1.165) is 28.1 Å². The third-order valence-electron chi connectivity index (χ3n) is 6.67. The van der Waals surface area contributed by atoms with Crippen LogP contribution in [0.25, 0.3) is 0 Å². The van der Waals surface area contributed by atoms with Crippen LogP contribution in [0.1, 0.15) is 26.3 Å². The molecule has 192 valence electrons. The van der Waals surface area contributed by atoms with Gasteiger partial charge in [0.2, 0.25) is 0 Å². The number of benzene rings is 3. The van der Waals surface area contributed by atoms with Gasteiger partial charge in [0.05, 0.1) is 11.5 Å². The van der Waals surface area contributed by atoms with Gasteiger partial charge >= 0.3 is 0 Å². The van der Waals surface area contributed by atoms with Gasteiger partial charge in [-0.3, -0.25) is 9.59 Å². The van der Waals surface area contributed by atoms with Crippen LogP contribution in [0.2, 0.25) is 5.04 Å². The molecule has 0 saturated heterocycles. The van der Waals surface area contributed by atoms with E-state index in [2.05, 4.69) is 20.8 Å². The van der Waals surface area contributed by atoms with Crippen molar-refractivity contribution >= 4 is 40.4 Å². The van der Waals surface area contributed by atoms with Gasteiger partial charge in [-0.2, -0.15) is 0 Å². The number of sulfonamides is 1. The van der Waals surface area contributed by atoms with Crippen molar-refractivity contribution in [2.75, 3.05) is 6.61 Å². The maximum absolute atomic E-state index is 13.6. The predicted molar refractivity (Wildman–Crippen MR) is 147 cm³/mol. The van der Waals surface area contributed by atoms with Crippen LogP contribution < -0.4 is 10.4 Å². The van der Waals surface area contributed by atoms with Gasteiger partial charge in [-0.15, -0.1) is 0 Å². The molecule has 1 unspecified atom stereocenters. The van der Waals surface area contributed by atoms with Crippen LogP contribution in [0.15, 0.2) is 102 Å². The summed E-state index contributed by atoms with van der Waals surface area (Å²) in [6.45, 7) is 7.86. The van der Waals surface area contributed by atoms with Crippen LogP contribution in [0, 0.1) is 6.92 Å². The largest absolute Gasteiger partial charge is 0.405 e. The van der Waals surface area contributed by atoms with E-state index in [1.165, 1.54) is 12.1 Å². The van der Waals surface area contributed by atoms with Gasteiger partial charge in [0, 0.05) is 6.08 Å². The van der Waals surface area contributed by atoms with Crippen molar-refractivity contribution in [2.24, 2.45) is 0 Å². The third-order valence-corrected chi connectivity index (χ3v) is 13.5. The van der Waals surface area contributed by atoms with E-state index < -0.39 is 36.1 Å². The minimum absolute atomic E-state index is 0.0509. The molecular weight excluding hydrogens is 502 g/mol. The SMILES string of the molecule is Cc1ccc(S(=O)(=O)N2C(=O)C=CC(=O)C2CO[Si](c2ccccc2)(c2ccccc2)C(C)(C)C)cc1. The molecule has 1 amide bonds. The van der Waals surface area contributed by atoms with Gasteiger partial charge in [-0.05, 0) is 40.5 Å². The zero-order chi connectivity index (χ0) is 26.8. The van der Waals surface area contributed by atoms with E-state index in [9.17, 15) is 18.0 Å². The maximum atomic E-state index is 13.6. The number of ketones is 1. The highest BCUT2D eigenvalue weighted by Crippen LogP contribution is 2.37. The van der Waals surface area contributed by atoms with Crippen LogP contribution in [-0.4, -0.2) is 45.4 Å². The second-order valence-electron chi connectivity index (χ2n) is 10.2. The second kappa shape index (κ2) is 10.2. The molecule has 0 saturated carbocycles. The molecule has 0 aromatic heterocycles. The lowest BCUT2D eigenvalue weighted by atomic mass is 10.1. The first-order valence-electron chi connectivity index (χ1n) is 12.1. The number of rotatable bonds is 7. The Morgan fingerprint density at radius 3 is 1.81 bits per heavy atom. The summed E-state index contributed by atoms with van der Waals surface area (Å²) in [6.07, 6.45) is 2.15. The van der Waals surface area contributed by atoms with Crippen molar-refractivity contribution in [1.29, 1.82) is 0 Å². The number of aryl methyl sites for hydroxylation is 1. The smallest absolute Gasteiger partial charge is 0.267 e. The zero-order valence-electron chi connectivity index (χ0n) is 21.4. The first-order valence-corrected chi connectivity index (χ1v) is 15.5. The molecule has 0 aliphatic carbocycles. The van der Waals surface area contributed by atoms with Crippen molar-refractivity contribution in [1.82, 2.24) is 4.31 Å².